The molecule has 1 aliphatic heterocycles. The van der Waals surface area contributed by atoms with Crippen LogP contribution in [-0.2, 0) is 16.0 Å². The van der Waals surface area contributed by atoms with Crippen LogP contribution >= 0.6 is 0 Å². The van der Waals surface area contributed by atoms with Gasteiger partial charge in [0.25, 0.3) is 0 Å². The number of likely N-dealkylation sites (tertiary alicyclic amines) is 1. The summed E-state index contributed by atoms with van der Waals surface area (Å²) >= 11 is 0. The average molecular weight is 544 g/mol. The Bertz CT molecular complexity index is 1340. The Labute approximate surface area is 225 Å². The summed E-state index contributed by atoms with van der Waals surface area (Å²) in [6, 6.07) is 8.82. The van der Waals surface area contributed by atoms with Gasteiger partial charge in [-0.3, -0.25) is 9.59 Å². The minimum Gasteiger partial charge on any atom is -0.391 e. The first-order valence-electron chi connectivity index (χ1n) is 13.0. The van der Waals surface area contributed by atoms with Gasteiger partial charge in [-0.25, -0.2) is 13.2 Å². The molecule has 1 aliphatic rings. The van der Waals surface area contributed by atoms with Crippen LogP contribution in [0.25, 0.3) is 11.1 Å². The number of aliphatic hydroxyl groups excluding tert-OH is 1. The van der Waals surface area contributed by atoms with Crippen molar-refractivity contribution in [3.8, 4) is 11.1 Å². The van der Waals surface area contributed by atoms with Gasteiger partial charge in [0.05, 0.1) is 17.8 Å². The third-order valence-electron chi connectivity index (χ3n) is 7.16. The summed E-state index contributed by atoms with van der Waals surface area (Å²) in [7, 11) is 0. The molecule has 4 atom stereocenters. The fraction of sp³-hybridized carbons (Fsp3) is 0.414. The summed E-state index contributed by atoms with van der Waals surface area (Å²) < 4.78 is 46.6. The Morgan fingerprint density at radius 3 is 2.41 bits per heavy atom. The van der Waals surface area contributed by atoms with Crippen LogP contribution in [0.3, 0.4) is 0 Å². The van der Waals surface area contributed by atoms with Crippen molar-refractivity contribution in [3.63, 3.8) is 0 Å². The Morgan fingerprint density at radius 2 is 1.79 bits per heavy atom. The molecule has 1 fully saturated rings. The van der Waals surface area contributed by atoms with E-state index < -0.39 is 47.5 Å². The number of nitrogens with one attached hydrogen (secondary N) is 1. The maximum Gasteiger partial charge on any atom is 0.243 e. The van der Waals surface area contributed by atoms with Crippen molar-refractivity contribution >= 4 is 11.8 Å². The molecule has 1 saturated heterocycles. The van der Waals surface area contributed by atoms with E-state index in [4.69, 9.17) is 4.52 Å². The van der Waals surface area contributed by atoms with E-state index in [1.165, 1.54) is 4.90 Å². The Morgan fingerprint density at radius 1 is 1.10 bits per heavy atom. The molecule has 39 heavy (non-hydrogen) atoms. The predicted octanol–water partition coefficient (Wildman–Crippen LogP) is 4.90. The van der Waals surface area contributed by atoms with E-state index in [1.807, 2.05) is 20.8 Å². The van der Waals surface area contributed by atoms with Crippen molar-refractivity contribution < 1.29 is 32.4 Å². The first kappa shape index (κ1) is 28.4. The fourth-order valence-electron chi connectivity index (χ4n) is 4.95. The van der Waals surface area contributed by atoms with Crippen molar-refractivity contribution in [1.29, 1.82) is 0 Å². The molecule has 0 bridgehead atoms. The lowest BCUT2D eigenvalue weighted by Crippen LogP contribution is -2.48. The fourth-order valence-corrected chi connectivity index (χ4v) is 4.95. The molecule has 3 aromatic rings. The number of carbonyl (C=O) groups is 2. The number of β-amino-alcohol motifs (C(OH)–C–C–N with tert-alkyl or cyclic N) is 1. The van der Waals surface area contributed by atoms with Gasteiger partial charge in [-0.05, 0) is 42.5 Å². The second kappa shape index (κ2) is 11.6. The Hall–Kier alpha value is -3.66. The zero-order chi connectivity index (χ0) is 28.4. The predicted molar refractivity (Wildman–Crippen MR) is 138 cm³/mol. The molecule has 0 saturated carbocycles. The van der Waals surface area contributed by atoms with E-state index in [0.717, 1.165) is 17.8 Å². The number of halogens is 3. The lowest BCUT2D eigenvalue weighted by molar-refractivity contribution is -0.141. The van der Waals surface area contributed by atoms with Crippen LogP contribution in [0.1, 0.15) is 63.1 Å². The van der Waals surface area contributed by atoms with Gasteiger partial charge in [0, 0.05) is 24.6 Å². The van der Waals surface area contributed by atoms with Gasteiger partial charge < -0.3 is 19.8 Å². The largest absolute Gasteiger partial charge is 0.391 e. The summed E-state index contributed by atoms with van der Waals surface area (Å²) in [5.74, 6) is -5.16. The molecule has 0 radical (unpaired) electrons. The molecule has 2 heterocycles. The number of aromatic nitrogens is 1. The van der Waals surface area contributed by atoms with E-state index >= 15 is 0 Å². The topological polar surface area (TPSA) is 95.7 Å². The van der Waals surface area contributed by atoms with E-state index in [9.17, 15) is 27.9 Å². The summed E-state index contributed by atoms with van der Waals surface area (Å²) in [4.78, 5) is 28.3. The Kier molecular flexibility index (Phi) is 8.44. The molecule has 10 heteroatoms. The second-order valence-electron chi connectivity index (χ2n) is 10.3. The highest BCUT2D eigenvalue weighted by Crippen LogP contribution is 2.32. The molecular formula is C29H32F3N3O4. The molecule has 0 spiro atoms. The van der Waals surface area contributed by atoms with Crippen LogP contribution in [0.5, 0.6) is 0 Å². The van der Waals surface area contributed by atoms with Crippen LogP contribution in [0, 0.1) is 23.4 Å². The molecule has 7 nitrogen and oxygen atoms in total. The molecule has 2 amide bonds. The lowest BCUT2D eigenvalue weighted by atomic mass is 9.91. The van der Waals surface area contributed by atoms with Crippen LogP contribution < -0.4 is 5.32 Å². The SMILES string of the molecule is CCc1cc([C@H](C(=O)N2C[C@H](O)C[C@H]2C(=O)N[C@@H](C)c2ccc(-c3ccc(F)c(F)c3F)cc2)C(C)C)on1. The van der Waals surface area contributed by atoms with Crippen molar-refractivity contribution in [2.24, 2.45) is 5.92 Å². The average Bonchev–Trinajstić information content (AvgIpc) is 3.54. The standard InChI is InChI=1S/C29H32F3N3O4/c1-5-19-12-24(39-34-19)25(15(2)3)29(38)35-14-20(36)13-23(35)28(37)33-16(4)17-6-8-18(9-7-17)21-10-11-22(30)27(32)26(21)31/h6-12,15-16,20,23,25,36H,5,13-14H2,1-4H3,(H,33,37)/t16-,20+,23-,25+/m0/s1. The monoisotopic (exact) mass is 543 g/mol. The minimum absolute atomic E-state index is 0.0256. The first-order valence-corrected chi connectivity index (χ1v) is 13.0. The smallest absolute Gasteiger partial charge is 0.243 e. The zero-order valence-electron chi connectivity index (χ0n) is 22.2. The highest BCUT2D eigenvalue weighted by atomic mass is 19.2. The number of benzene rings is 2. The van der Waals surface area contributed by atoms with Gasteiger partial charge in [-0.2, -0.15) is 0 Å². The number of amides is 2. The molecule has 1 aromatic heterocycles. The normalized spacial score (nSPS) is 18.8. The maximum atomic E-state index is 14.2. The van der Waals surface area contributed by atoms with E-state index in [-0.39, 0.29) is 30.4 Å². The van der Waals surface area contributed by atoms with Crippen LogP contribution in [0.4, 0.5) is 13.2 Å². The first-order chi connectivity index (χ1) is 18.5. The molecule has 0 aliphatic carbocycles. The third kappa shape index (κ3) is 5.85. The van der Waals surface area contributed by atoms with E-state index in [1.54, 1.807) is 37.3 Å². The highest BCUT2D eigenvalue weighted by Gasteiger charge is 2.43. The molecule has 208 valence electrons. The number of nitrogens with zero attached hydrogens (tertiary/aromatic N) is 2. The molecule has 0 unspecified atom stereocenters. The van der Waals surface area contributed by atoms with E-state index in [2.05, 4.69) is 10.5 Å². The third-order valence-corrected chi connectivity index (χ3v) is 7.16. The van der Waals surface area contributed by atoms with Gasteiger partial charge in [0.2, 0.25) is 11.8 Å². The van der Waals surface area contributed by atoms with Gasteiger partial charge >= 0.3 is 0 Å². The molecule has 2 N–H and O–H groups in total. The lowest BCUT2D eigenvalue weighted by Gasteiger charge is -2.29. The van der Waals surface area contributed by atoms with Gasteiger partial charge in [-0.1, -0.05) is 50.2 Å². The summed E-state index contributed by atoms with van der Waals surface area (Å²) in [5, 5.41) is 17.2. The van der Waals surface area contributed by atoms with Gasteiger partial charge in [0.1, 0.15) is 17.7 Å². The number of aliphatic hydroxyl groups is 1. The number of carbonyl (C=O) groups excluding carboxylic acids is 2. The van der Waals surface area contributed by atoms with Crippen LogP contribution in [0.2, 0.25) is 0 Å². The second-order valence-corrected chi connectivity index (χ2v) is 10.3. The number of aryl methyl sites for hydroxylation is 1. The summed E-state index contributed by atoms with van der Waals surface area (Å²) in [6.45, 7) is 7.48. The molecule has 2 aromatic carbocycles. The number of rotatable bonds is 8. The zero-order valence-corrected chi connectivity index (χ0v) is 22.2. The number of hydrogen-bond acceptors (Lipinski definition) is 5. The number of hydrogen-bond donors (Lipinski definition) is 2. The molecular weight excluding hydrogens is 511 g/mol. The van der Waals surface area contributed by atoms with Crippen LogP contribution in [-0.4, -0.2) is 45.7 Å². The van der Waals surface area contributed by atoms with Gasteiger partial charge in [0.15, 0.2) is 17.5 Å². The van der Waals surface area contributed by atoms with Crippen molar-refractivity contribution in [1.82, 2.24) is 15.4 Å². The summed E-state index contributed by atoms with van der Waals surface area (Å²) in [6.07, 6.45) is -0.0935. The van der Waals surface area contributed by atoms with Crippen LogP contribution in [0.15, 0.2) is 47.0 Å². The van der Waals surface area contributed by atoms with Crippen molar-refractivity contribution in [3.05, 3.63) is 76.9 Å². The highest BCUT2D eigenvalue weighted by molar-refractivity contribution is 5.91. The minimum atomic E-state index is -1.54. The van der Waals surface area contributed by atoms with Gasteiger partial charge in [-0.15, -0.1) is 0 Å². The maximum absolute atomic E-state index is 14.2. The quantitative estimate of drug-likeness (QED) is 0.394. The van der Waals surface area contributed by atoms with Crippen molar-refractivity contribution in [2.75, 3.05) is 6.54 Å². The summed E-state index contributed by atoms with van der Waals surface area (Å²) in [5.41, 5.74) is 1.68. The van der Waals surface area contributed by atoms with E-state index in [0.29, 0.717) is 23.3 Å². The molecule has 4 rings (SSSR count). The Balaban J connectivity index is 1.48. The van der Waals surface area contributed by atoms with Crippen molar-refractivity contribution in [2.45, 2.75) is 64.6 Å².